The fraction of sp³-hybridized carbons (Fsp3) is 0.176. The highest BCUT2D eigenvalue weighted by molar-refractivity contribution is 9.10. The summed E-state index contributed by atoms with van der Waals surface area (Å²) in [5.74, 6) is -1.04. The van der Waals surface area contributed by atoms with E-state index in [2.05, 4.69) is 15.9 Å². The molecule has 0 aromatic heterocycles. The van der Waals surface area contributed by atoms with Crippen LogP contribution in [0.25, 0.3) is 0 Å². The number of carbonyl (C=O) groups is 2. The first kappa shape index (κ1) is 16.4. The van der Waals surface area contributed by atoms with Crippen molar-refractivity contribution in [3.05, 3.63) is 69.9 Å². The number of benzene rings is 2. The normalized spacial score (nSPS) is 10.3. The molecule has 5 heteroatoms. The highest BCUT2D eigenvalue weighted by atomic mass is 79.9. The molecule has 2 aromatic carbocycles. The van der Waals surface area contributed by atoms with E-state index in [0.717, 1.165) is 10.0 Å². The van der Waals surface area contributed by atoms with Gasteiger partial charge in [-0.2, -0.15) is 0 Å². The molecule has 0 N–H and O–H groups in total. The highest BCUT2D eigenvalue weighted by Crippen LogP contribution is 2.12. The first-order valence-corrected chi connectivity index (χ1v) is 7.53. The van der Waals surface area contributed by atoms with Crippen LogP contribution in [0.2, 0.25) is 0 Å². The van der Waals surface area contributed by atoms with Gasteiger partial charge in [0.15, 0.2) is 5.78 Å². The van der Waals surface area contributed by atoms with E-state index in [0.29, 0.717) is 5.56 Å². The molecule has 0 saturated heterocycles. The molecular formula is C17H14BrFO3. The second kappa shape index (κ2) is 7.84. The van der Waals surface area contributed by atoms with Crippen molar-refractivity contribution in [2.75, 3.05) is 0 Å². The maximum atomic E-state index is 12.8. The molecule has 22 heavy (non-hydrogen) atoms. The number of hydrogen-bond donors (Lipinski definition) is 0. The minimum Gasteiger partial charge on any atom is -0.461 e. The van der Waals surface area contributed by atoms with Gasteiger partial charge in [0.05, 0.1) is 6.42 Å². The second-order valence-corrected chi connectivity index (χ2v) is 5.63. The van der Waals surface area contributed by atoms with Crippen molar-refractivity contribution < 1.29 is 18.7 Å². The SMILES string of the molecule is O=C(CCC(=O)c1ccc(F)cc1)OCc1ccc(Br)cc1. The van der Waals surface area contributed by atoms with Gasteiger partial charge in [0.1, 0.15) is 12.4 Å². The third-order valence-electron chi connectivity index (χ3n) is 3.04. The van der Waals surface area contributed by atoms with E-state index >= 15 is 0 Å². The quantitative estimate of drug-likeness (QED) is 0.567. The Bertz CT molecular complexity index is 651. The predicted molar refractivity (Wildman–Crippen MR) is 83.9 cm³/mol. The number of halogens is 2. The van der Waals surface area contributed by atoms with Gasteiger partial charge in [0.25, 0.3) is 0 Å². The highest BCUT2D eigenvalue weighted by Gasteiger charge is 2.10. The molecule has 0 atom stereocenters. The van der Waals surface area contributed by atoms with Crippen LogP contribution in [0.15, 0.2) is 53.0 Å². The minimum atomic E-state index is -0.432. The molecule has 0 aliphatic heterocycles. The van der Waals surface area contributed by atoms with Crippen molar-refractivity contribution >= 4 is 27.7 Å². The van der Waals surface area contributed by atoms with Crippen LogP contribution in [0.3, 0.4) is 0 Å². The Balaban J connectivity index is 1.76. The largest absolute Gasteiger partial charge is 0.461 e. The number of Topliss-reactive ketones (excluding diaryl/α,β-unsaturated/α-hetero) is 1. The van der Waals surface area contributed by atoms with Crippen molar-refractivity contribution in [3.63, 3.8) is 0 Å². The third-order valence-corrected chi connectivity index (χ3v) is 3.56. The van der Waals surface area contributed by atoms with Crippen LogP contribution < -0.4 is 0 Å². The lowest BCUT2D eigenvalue weighted by Crippen LogP contribution is -2.08. The Kier molecular flexibility index (Phi) is 5.83. The van der Waals surface area contributed by atoms with Crippen LogP contribution in [-0.4, -0.2) is 11.8 Å². The Hall–Kier alpha value is -2.01. The Morgan fingerprint density at radius 1 is 0.955 bits per heavy atom. The monoisotopic (exact) mass is 364 g/mol. The van der Waals surface area contributed by atoms with Gasteiger partial charge in [0.2, 0.25) is 0 Å². The van der Waals surface area contributed by atoms with Crippen molar-refractivity contribution in [1.82, 2.24) is 0 Å². The number of ketones is 1. The maximum absolute atomic E-state index is 12.8. The van der Waals surface area contributed by atoms with Gasteiger partial charge in [-0.15, -0.1) is 0 Å². The van der Waals surface area contributed by atoms with Crippen LogP contribution in [-0.2, 0) is 16.1 Å². The topological polar surface area (TPSA) is 43.4 Å². The number of carbonyl (C=O) groups excluding carboxylic acids is 2. The molecule has 0 heterocycles. The van der Waals surface area contributed by atoms with Gasteiger partial charge in [-0.05, 0) is 42.0 Å². The Morgan fingerprint density at radius 2 is 1.59 bits per heavy atom. The van der Waals surface area contributed by atoms with E-state index in [9.17, 15) is 14.0 Å². The summed E-state index contributed by atoms with van der Waals surface area (Å²) in [5, 5.41) is 0. The number of esters is 1. The third kappa shape index (κ3) is 5.07. The molecule has 0 unspecified atom stereocenters. The van der Waals surface area contributed by atoms with Crippen molar-refractivity contribution in [3.8, 4) is 0 Å². The van der Waals surface area contributed by atoms with Crippen LogP contribution in [0.1, 0.15) is 28.8 Å². The van der Waals surface area contributed by atoms with E-state index < -0.39 is 11.8 Å². The summed E-state index contributed by atoms with van der Waals surface area (Å²) in [7, 11) is 0. The molecule has 2 aromatic rings. The van der Waals surface area contributed by atoms with Gasteiger partial charge >= 0.3 is 5.97 Å². The number of rotatable bonds is 6. The molecule has 0 radical (unpaired) electrons. The molecule has 0 bridgehead atoms. The van der Waals surface area contributed by atoms with Gasteiger partial charge in [-0.1, -0.05) is 28.1 Å². The van der Waals surface area contributed by atoms with Gasteiger partial charge in [0, 0.05) is 16.5 Å². The summed E-state index contributed by atoms with van der Waals surface area (Å²) in [6.07, 6.45) is 0.0531. The summed E-state index contributed by atoms with van der Waals surface area (Å²) in [5.41, 5.74) is 1.27. The summed E-state index contributed by atoms with van der Waals surface area (Å²) in [6.45, 7) is 0.177. The predicted octanol–water partition coefficient (Wildman–Crippen LogP) is 4.29. The summed E-state index contributed by atoms with van der Waals surface area (Å²) in [6, 6.07) is 12.7. The Labute approximate surface area is 136 Å². The lowest BCUT2D eigenvalue weighted by molar-refractivity contribution is -0.144. The molecule has 0 aliphatic rings. The molecule has 0 aliphatic carbocycles. The molecule has 3 nitrogen and oxygen atoms in total. The van der Waals surface area contributed by atoms with E-state index in [1.165, 1.54) is 24.3 Å². The average molecular weight is 365 g/mol. The lowest BCUT2D eigenvalue weighted by Gasteiger charge is -2.05. The zero-order chi connectivity index (χ0) is 15.9. The molecule has 0 fully saturated rings. The van der Waals surface area contributed by atoms with E-state index in [1.807, 2.05) is 24.3 Å². The molecule has 2 rings (SSSR count). The molecule has 0 amide bonds. The second-order valence-electron chi connectivity index (χ2n) is 4.72. The van der Waals surface area contributed by atoms with Crippen LogP contribution >= 0.6 is 15.9 Å². The Morgan fingerprint density at radius 3 is 2.23 bits per heavy atom. The zero-order valence-electron chi connectivity index (χ0n) is 11.7. The smallest absolute Gasteiger partial charge is 0.306 e. The van der Waals surface area contributed by atoms with E-state index in [4.69, 9.17) is 4.74 Å². The first-order valence-electron chi connectivity index (χ1n) is 6.73. The first-order chi connectivity index (χ1) is 10.5. The van der Waals surface area contributed by atoms with Crippen LogP contribution in [0.4, 0.5) is 4.39 Å². The van der Waals surface area contributed by atoms with Crippen LogP contribution in [0.5, 0.6) is 0 Å². The minimum absolute atomic E-state index is 0.00668. The van der Waals surface area contributed by atoms with Crippen molar-refractivity contribution in [1.29, 1.82) is 0 Å². The molecule has 0 saturated carbocycles. The van der Waals surface area contributed by atoms with Crippen molar-refractivity contribution in [2.45, 2.75) is 19.4 Å². The summed E-state index contributed by atoms with van der Waals surface area (Å²) in [4.78, 5) is 23.5. The van der Waals surface area contributed by atoms with E-state index in [1.54, 1.807) is 0 Å². The van der Waals surface area contributed by atoms with Gasteiger partial charge < -0.3 is 4.74 Å². The molecule has 0 spiro atoms. The average Bonchev–Trinajstić information content (AvgIpc) is 2.52. The number of hydrogen-bond acceptors (Lipinski definition) is 3. The van der Waals surface area contributed by atoms with Crippen molar-refractivity contribution in [2.24, 2.45) is 0 Å². The fourth-order valence-electron chi connectivity index (χ4n) is 1.81. The lowest BCUT2D eigenvalue weighted by atomic mass is 10.1. The molecular weight excluding hydrogens is 351 g/mol. The summed E-state index contributed by atoms with van der Waals surface area (Å²) >= 11 is 3.32. The zero-order valence-corrected chi connectivity index (χ0v) is 13.3. The van der Waals surface area contributed by atoms with Gasteiger partial charge in [-0.25, -0.2) is 4.39 Å². The van der Waals surface area contributed by atoms with Crippen LogP contribution in [0, 0.1) is 5.82 Å². The summed E-state index contributed by atoms with van der Waals surface area (Å²) < 4.78 is 18.8. The molecule has 114 valence electrons. The fourth-order valence-corrected chi connectivity index (χ4v) is 2.08. The number of ether oxygens (including phenoxy) is 1. The van der Waals surface area contributed by atoms with E-state index in [-0.39, 0.29) is 25.2 Å². The van der Waals surface area contributed by atoms with Gasteiger partial charge in [-0.3, -0.25) is 9.59 Å². The maximum Gasteiger partial charge on any atom is 0.306 e. The standard InChI is InChI=1S/C17H14BrFO3/c18-14-5-1-12(2-6-14)11-22-17(21)10-9-16(20)13-3-7-15(19)8-4-13/h1-8H,9-11H2.